The van der Waals surface area contributed by atoms with E-state index < -0.39 is 0 Å². The summed E-state index contributed by atoms with van der Waals surface area (Å²) in [5.41, 5.74) is 10.4. The number of anilines is 1. The molecule has 0 saturated heterocycles. The number of pyridine rings is 1. The predicted octanol–water partition coefficient (Wildman–Crippen LogP) is 3.66. The van der Waals surface area contributed by atoms with Gasteiger partial charge in [0.25, 0.3) is 0 Å². The predicted molar refractivity (Wildman–Crippen MR) is 97.2 cm³/mol. The summed E-state index contributed by atoms with van der Waals surface area (Å²) in [6.45, 7) is 0. The van der Waals surface area contributed by atoms with Crippen LogP contribution in [0.5, 0.6) is 5.88 Å². The molecular weight excluding hydrogens is 314 g/mol. The maximum atomic E-state index is 10.7. The van der Waals surface area contributed by atoms with Gasteiger partial charge in [-0.05, 0) is 25.3 Å². The van der Waals surface area contributed by atoms with Gasteiger partial charge in [-0.2, -0.15) is 10.2 Å². The van der Waals surface area contributed by atoms with Gasteiger partial charge in [0, 0.05) is 28.8 Å². The zero-order chi connectivity index (χ0) is 17.0. The van der Waals surface area contributed by atoms with E-state index in [1.165, 1.54) is 6.42 Å². The average molecular weight is 331 g/mol. The van der Waals surface area contributed by atoms with Crippen LogP contribution in [0, 0.1) is 0 Å². The third kappa shape index (κ3) is 2.00. The summed E-state index contributed by atoms with van der Waals surface area (Å²) in [5.74, 6) is 0.225. The molecule has 4 aromatic rings. The van der Waals surface area contributed by atoms with Gasteiger partial charge in [0.1, 0.15) is 0 Å². The molecule has 1 saturated carbocycles. The number of hydrogen-bond acceptors (Lipinski definition) is 5. The summed E-state index contributed by atoms with van der Waals surface area (Å²) < 4.78 is 1.92. The summed E-state index contributed by atoms with van der Waals surface area (Å²) in [6, 6.07) is 8.14. The highest BCUT2D eigenvalue weighted by molar-refractivity contribution is 6.12. The molecule has 124 valence electrons. The molecule has 3 N–H and O–H groups in total. The van der Waals surface area contributed by atoms with Gasteiger partial charge in [-0.15, -0.1) is 0 Å². The van der Waals surface area contributed by atoms with E-state index in [0.29, 0.717) is 17.1 Å². The van der Waals surface area contributed by atoms with Crippen LogP contribution in [-0.2, 0) is 0 Å². The fourth-order valence-electron chi connectivity index (χ4n) is 3.61. The summed E-state index contributed by atoms with van der Waals surface area (Å²) in [6.07, 6.45) is 8.67. The van der Waals surface area contributed by atoms with E-state index in [-0.39, 0.29) is 5.88 Å². The Kier molecular flexibility index (Phi) is 2.94. The molecule has 6 heteroatoms. The van der Waals surface area contributed by atoms with Crippen molar-refractivity contribution in [2.24, 2.45) is 0 Å². The van der Waals surface area contributed by atoms with Crippen LogP contribution in [0.25, 0.3) is 32.9 Å². The molecule has 5 rings (SSSR count). The Balaban J connectivity index is 1.83. The van der Waals surface area contributed by atoms with Gasteiger partial charge in [0.2, 0.25) is 5.88 Å². The largest absolute Gasteiger partial charge is 0.494 e. The van der Waals surface area contributed by atoms with Crippen molar-refractivity contribution >= 4 is 27.5 Å². The molecule has 1 fully saturated rings. The highest BCUT2D eigenvalue weighted by Crippen LogP contribution is 2.43. The number of aromatic nitrogens is 4. The van der Waals surface area contributed by atoms with Crippen LogP contribution in [0.3, 0.4) is 0 Å². The van der Waals surface area contributed by atoms with E-state index in [1.807, 2.05) is 35.0 Å². The van der Waals surface area contributed by atoms with Crippen LogP contribution >= 0.6 is 0 Å². The van der Waals surface area contributed by atoms with Crippen molar-refractivity contribution in [3.05, 3.63) is 42.9 Å². The number of rotatable bonds is 2. The van der Waals surface area contributed by atoms with E-state index in [4.69, 9.17) is 10.7 Å². The van der Waals surface area contributed by atoms with Gasteiger partial charge in [0.05, 0.1) is 34.5 Å². The topological polar surface area (TPSA) is 89.9 Å². The number of aromatic hydroxyl groups is 1. The van der Waals surface area contributed by atoms with Crippen molar-refractivity contribution in [1.29, 1.82) is 0 Å². The summed E-state index contributed by atoms with van der Waals surface area (Å²) >= 11 is 0. The minimum absolute atomic E-state index is 0.225. The van der Waals surface area contributed by atoms with Crippen LogP contribution in [0.15, 0.2) is 42.9 Å². The lowest BCUT2D eigenvalue weighted by atomic mass is 9.93. The molecule has 1 aliphatic carbocycles. The average Bonchev–Trinajstić information content (AvgIpc) is 2.91. The van der Waals surface area contributed by atoms with Gasteiger partial charge >= 0.3 is 0 Å². The number of nitrogen functional groups attached to an aromatic ring is 1. The van der Waals surface area contributed by atoms with Crippen LogP contribution in [0.1, 0.15) is 25.3 Å². The van der Waals surface area contributed by atoms with Gasteiger partial charge in [-0.25, -0.2) is 4.98 Å². The third-order valence-corrected chi connectivity index (χ3v) is 5.18. The second kappa shape index (κ2) is 5.17. The Labute approximate surface area is 143 Å². The first-order chi connectivity index (χ1) is 12.2. The number of nitrogens with zero attached hydrogens (tertiary/aromatic N) is 4. The Morgan fingerprint density at radius 3 is 2.76 bits per heavy atom. The normalized spacial score (nSPS) is 14.9. The van der Waals surface area contributed by atoms with Crippen molar-refractivity contribution < 1.29 is 5.11 Å². The lowest BCUT2D eigenvalue weighted by molar-refractivity contribution is 0.283. The first-order valence-electron chi connectivity index (χ1n) is 8.43. The number of fused-ring (bicyclic) bond motifs is 2. The standard InChI is InChI=1S/C19H17N5O/c20-17-14-6-2-5-13(11-7-8-21-22-9-11)18(14)23-15-10-24(12-3-1-4-12)19(25)16(15)17/h2,5-10,12,25H,1,3-4,20H2. The smallest absolute Gasteiger partial charge is 0.203 e. The van der Waals surface area contributed by atoms with E-state index in [1.54, 1.807) is 12.4 Å². The molecule has 0 unspecified atom stereocenters. The molecule has 1 aliphatic rings. The Morgan fingerprint density at radius 2 is 2.04 bits per heavy atom. The lowest BCUT2D eigenvalue weighted by Crippen LogP contribution is -2.15. The van der Waals surface area contributed by atoms with Crippen molar-refractivity contribution in [1.82, 2.24) is 19.7 Å². The summed E-state index contributed by atoms with van der Waals surface area (Å²) in [7, 11) is 0. The fourth-order valence-corrected chi connectivity index (χ4v) is 3.61. The Bertz CT molecular complexity index is 1100. The number of benzene rings is 1. The zero-order valence-corrected chi connectivity index (χ0v) is 13.6. The minimum Gasteiger partial charge on any atom is -0.494 e. The molecule has 0 amide bonds. The second-order valence-electron chi connectivity index (χ2n) is 6.56. The molecule has 3 aromatic heterocycles. The monoisotopic (exact) mass is 331 g/mol. The first kappa shape index (κ1) is 14.2. The number of hydrogen-bond donors (Lipinski definition) is 2. The molecule has 0 aliphatic heterocycles. The maximum Gasteiger partial charge on any atom is 0.203 e. The molecule has 3 heterocycles. The van der Waals surface area contributed by atoms with E-state index >= 15 is 0 Å². The van der Waals surface area contributed by atoms with Crippen molar-refractivity contribution in [2.75, 3.05) is 5.73 Å². The van der Waals surface area contributed by atoms with E-state index in [0.717, 1.165) is 40.4 Å². The minimum atomic E-state index is 0.225. The fraction of sp³-hybridized carbons (Fsp3) is 0.211. The zero-order valence-electron chi connectivity index (χ0n) is 13.6. The van der Waals surface area contributed by atoms with E-state index in [2.05, 4.69) is 10.2 Å². The molecule has 0 spiro atoms. The number of para-hydroxylation sites is 1. The van der Waals surface area contributed by atoms with Gasteiger partial charge in [-0.3, -0.25) is 0 Å². The van der Waals surface area contributed by atoms with Crippen molar-refractivity contribution in [3.63, 3.8) is 0 Å². The highest BCUT2D eigenvalue weighted by Gasteiger charge is 2.25. The van der Waals surface area contributed by atoms with Crippen LogP contribution in [0.2, 0.25) is 0 Å². The Hall–Kier alpha value is -3.15. The van der Waals surface area contributed by atoms with Crippen molar-refractivity contribution in [2.45, 2.75) is 25.3 Å². The van der Waals surface area contributed by atoms with Crippen molar-refractivity contribution in [3.8, 4) is 17.0 Å². The molecule has 0 atom stereocenters. The van der Waals surface area contributed by atoms with Crippen LogP contribution in [-0.4, -0.2) is 24.9 Å². The summed E-state index contributed by atoms with van der Waals surface area (Å²) in [5, 5.41) is 20.0. The molecule has 0 radical (unpaired) electrons. The molecule has 1 aromatic carbocycles. The lowest BCUT2D eigenvalue weighted by Gasteiger charge is -2.27. The first-order valence-corrected chi connectivity index (χ1v) is 8.43. The maximum absolute atomic E-state index is 10.7. The number of nitrogens with two attached hydrogens (primary N) is 1. The molecule has 0 bridgehead atoms. The third-order valence-electron chi connectivity index (χ3n) is 5.18. The van der Waals surface area contributed by atoms with E-state index in [9.17, 15) is 5.11 Å². The molecule has 25 heavy (non-hydrogen) atoms. The Morgan fingerprint density at radius 1 is 1.16 bits per heavy atom. The molecule has 6 nitrogen and oxygen atoms in total. The van der Waals surface area contributed by atoms with Gasteiger partial charge in [-0.1, -0.05) is 18.2 Å². The van der Waals surface area contributed by atoms with Gasteiger partial charge in [0.15, 0.2) is 0 Å². The van der Waals surface area contributed by atoms with Crippen LogP contribution in [0.4, 0.5) is 5.69 Å². The SMILES string of the molecule is Nc1c2cccc(-c3ccnnc3)c2nc2cn(C3CCC3)c(O)c12. The molecular formula is C19H17N5O. The van der Waals surface area contributed by atoms with Gasteiger partial charge < -0.3 is 15.4 Å². The highest BCUT2D eigenvalue weighted by atomic mass is 16.3. The second-order valence-corrected chi connectivity index (χ2v) is 6.56. The quantitative estimate of drug-likeness (QED) is 0.585. The summed E-state index contributed by atoms with van der Waals surface area (Å²) in [4.78, 5) is 4.83. The van der Waals surface area contributed by atoms with Crippen LogP contribution < -0.4 is 5.73 Å².